The number of aliphatic hydroxyl groups excluding tert-OH is 1. The minimum Gasteiger partial charge on any atom is -0.393 e. The van der Waals surface area contributed by atoms with Gasteiger partial charge in [-0.1, -0.05) is 13.3 Å². The van der Waals surface area contributed by atoms with E-state index in [1.165, 1.54) is 30.8 Å². The molecule has 2 aliphatic heterocycles. The first-order valence-electron chi connectivity index (χ1n) is 7.06. The van der Waals surface area contributed by atoms with Crippen molar-refractivity contribution in [3.05, 3.63) is 0 Å². The second kappa shape index (κ2) is 5.94. The van der Waals surface area contributed by atoms with E-state index < -0.39 is 0 Å². The zero-order chi connectivity index (χ0) is 12.3. The smallest absolute Gasteiger partial charge is 0.0701 e. The van der Waals surface area contributed by atoms with E-state index in [4.69, 9.17) is 4.74 Å². The van der Waals surface area contributed by atoms with Crippen molar-refractivity contribution in [1.29, 1.82) is 0 Å². The average Bonchev–Trinajstić information content (AvgIpc) is 2.30. The van der Waals surface area contributed by atoms with Crippen LogP contribution in [0.2, 0.25) is 0 Å². The maximum absolute atomic E-state index is 9.91. The first-order chi connectivity index (χ1) is 8.17. The van der Waals surface area contributed by atoms with Gasteiger partial charge in [-0.3, -0.25) is 0 Å². The molecule has 2 saturated heterocycles. The molecule has 0 amide bonds. The van der Waals surface area contributed by atoms with E-state index in [9.17, 15) is 5.11 Å². The fourth-order valence-corrected chi connectivity index (χ4v) is 4.83. The summed E-state index contributed by atoms with van der Waals surface area (Å²) in [5.74, 6) is 3.62. The maximum atomic E-state index is 9.91. The number of rotatable bonds is 3. The Kier molecular flexibility index (Phi) is 4.79. The largest absolute Gasteiger partial charge is 0.393 e. The zero-order valence-corrected chi connectivity index (χ0v) is 12.0. The summed E-state index contributed by atoms with van der Waals surface area (Å²) >= 11 is 2.05. The fourth-order valence-electron chi connectivity index (χ4n) is 3.59. The molecule has 0 aromatic rings. The Bertz CT molecular complexity index is 231. The summed E-state index contributed by atoms with van der Waals surface area (Å²) in [6, 6.07) is 0. The summed E-state index contributed by atoms with van der Waals surface area (Å²) in [4.78, 5) is 0. The van der Waals surface area contributed by atoms with Gasteiger partial charge in [0.05, 0.1) is 11.7 Å². The molecule has 2 heterocycles. The number of hydrogen-bond donors (Lipinski definition) is 1. The Hall–Kier alpha value is 0.270. The molecule has 2 nitrogen and oxygen atoms in total. The van der Waals surface area contributed by atoms with Gasteiger partial charge in [-0.25, -0.2) is 0 Å². The molecule has 1 N–H and O–H groups in total. The molecule has 2 rings (SSSR count). The van der Waals surface area contributed by atoms with Crippen LogP contribution in [0.1, 0.15) is 46.0 Å². The van der Waals surface area contributed by atoms with Gasteiger partial charge in [0, 0.05) is 6.61 Å². The molecule has 3 unspecified atom stereocenters. The number of hydrogen-bond acceptors (Lipinski definition) is 3. The lowest BCUT2D eigenvalue weighted by Crippen LogP contribution is -2.45. The van der Waals surface area contributed by atoms with Crippen LogP contribution >= 0.6 is 11.8 Å². The molecule has 3 atom stereocenters. The summed E-state index contributed by atoms with van der Waals surface area (Å²) in [7, 11) is 0. The molecule has 1 spiro atoms. The second-order valence-electron chi connectivity index (χ2n) is 5.71. The van der Waals surface area contributed by atoms with E-state index in [0.717, 1.165) is 19.4 Å². The molecule has 0 aromatic carbocycles. The number of ether oxygens (including phenoxy) is 1. The topological polar surface area (TPSA) is 29.5 Å². The van der Waals surface area contributed by atoms with Crippen molar-refractivity contribution in [3.8, 4) is 0 Å². The third-order valence-electron chi connectivity index (χ3n) is 4.63. The Morgan fingerprint density at radius 2 is 2.12 bits per heavy atom. The Balaban J connectivity index is 2.00. The standard InChI is InChI=1S/C14H26O2S/c1-3-13(11(2)15)12-4-7-16-14(10-12)5-8-17-9-6-14/h11-13,15H,3-10H2,1-2H3. The predicted molar refractivity (Wildman–Crippen MR) is 73.4 cm³/mol. The van der Waals surface area contributed by atoms with Gasteiger partial charge in [0.15, 0.2) is 0 Å². The van der Waals surface area contributed by atoms with Gasteiger partial charge >= 0.3 is 0 Å². The van der Waals surface area contributed by atoms with Gasteiger partial charge in [-0.05, 0) is 55.9 Å². The zero-order valence-electron chi connectivity index (χ0n) is 11.2. The number of aliphatic hydroxyl groups is 1. The van der Waals surface area contributed by atoms with Gasteiger partial charge in [-0.15, -0.1) is 0 Å². The van der Waals surface area contributed by atoms with Crippen LogP contribution in [-0.2, 0) is 4.74 Å². The van der Waals surface area contributed by atoms with Crippen LogP contribution in [0.3, 0.4) is 0 Å². The van der Waals surface area contributed by atoms with E-state index in [-0.39, 0.29) is 11.7 Å². The second-order valence-corrected chi connectivity index (χ2v) is 6.93. The summed E-state index contributed by atoms with van der Waals surface area (Å²) in [6.07, 6.45) is 5.66. The fraction of sp³-hybridized carbons (Fsp3) is 1.00. The van der Waals surface area contributed by atoms with Gasteiger partial charge < -0.3 is 9.84 Å². The van der Waals surface area contributed by atoms with Gasteiger partial charge in [-0.2, -0.15) is 11.8 Å². The lowest BCUT2D eigenvalue weighted by Gasteiger charge is -2.45. The highest BCUT2D eigenvalue weighted by Crippen LogP contribution is 2.43. The van der Waals surface area contributed by atoms with E-state index in [1.807, 2.05) is 6.92 Å². The lowest BCUT2D eigenvalue weighted by atomic mass is 9.73. The van der Waals surface area contributed by atoms with E-state index in [0.29, 0.717) is 11.8 Å². The van der Waals surface area contributed by atoms with Crippen molar-refractivity contribution < 1.29 is 9.84 Å². The minimum atomic E-state index is -0.168. The van der Waals surface area contributed by atoms with Crippen LogP contribution in [0.15, 0.2) is 0 Å². The molecule has 0 aromatic heterocycles. The SMILES string of the molecule is CCC(C(C)O)C1CCOC2(CCSCC2)C1. The van der Waals surface area contributed by atoms with Crippen LogP contribution in [0.4, 0.5) is 0 Å². The van der Waals surface area contributed by atoms with E-state index in [1.54, 1.807) is 0 Å². The molecule has 100 valence electrons. The van der Waals surface area contributed by atoms with Gasteiger partial charge in [0.25, 0.3) is 0 Å². The van der Waals surface area contributed by atoms with Gasteiger partial charge in [0.1, 0.15) is 0 Å². The molecule has 0 radical (unpaired) electrons. The maximum Gasteiger partial charge on any atom is 0.0701 e. The summed E-state index contributed by atoms with van der Waals surface area (Å²) in [5, 5.41) is 9.91. The molecule has 2 fully saturated rings. The lowest BCUT2D eigenvalue weighted by molar-refractivity contribution is -0.118. The third-order valence-corrected chi connectivity index (χ3v) is 5.62. The van der Waals surface area contributed by atoms with Crippen LogP contribution < -0.4 is 0 Å². The molecule has 0 saturated carbocycles. The highest BCUT2D eigenvalue weighted by molar-refractivity contribution is 7.99. The first kappa shape index (κ1) is 13.7. The molecule has 0 aliphatic carbocycles. The van der Waals surface area contributed by atoms with Crippen molar-refractivity contribution in [2.45, 2.75) is 57.7 Å². The van der Waals surface area contributed by atoms with E-state index in [2.05, 4.69) is 18.7 Å². The summed E-state index contributed by atoms with van der Waals surface area (Å²) in [5.41, 5.74) is 0.163. The van der Waals surface area contributed by atoms with Crippen LogP contribution in [0.25, 0.3) is 0 Å². The first-order valence-corrected chi connectivity index (χ1v) is 8.22. The molecule has 17 heavy (non-hydrogen) atoms. The third kappa shape index (κ3) is 3.18. The summed E-state index contributed by atoms with van der Waals surface area (Å²) in [6.45, 7) is 5.06. The van der Waals surface area contributed by atoms with E-state index >= 15 is 0 Å². The normalized spacial score (nSPS) is 32.3. The minimum absolute atomic E-state index is 0.163. The quantitative estimate of drug-likeness (QED) is 0.843. The molecular weight excluding hydrogens is 232 g/mol. The highest BCUT2D eigenvalue weighted by Gasteiger charge is 2.41. The number of thioether (sulfide) groups is 1. The molecule has 2 aliphatic rings. The highest BCUT2D eigenvalue weighted by atomic mass is 32.2. The summed E-state index contributed by atoms with van der Waals surface area (Å²) < 4.78 is 6.12. The van der Waals surface area contributed by atoms with Crippen LogP contribution in [0, 0.1) is 11.8 Å². The Labute approximate surface area is 110 Å². The Morgan fingerprint density at radius 1 is 1.41 bits per heavy atom. The van der Waals surface area contributed by atoms with Crippen molar-refractivity contribution in [2.24, 2.45) is 11.8 Å². The average molecular weight is 258 g/mol. The van der Waals surface area contributed by atoms with Crippen molar-refractivity contribution in [3.63, 3.8) is 0 Å². The van der Waals surface area contributed by atoms with Crippen molar-refractivity contribution >= 4 is 11.8 Å². The van der Waals surface area contributed by atoms with Crippen molar-refractivity contribution in [2.75, 3.05) is 18.1 Å². The Morgan fingerprint density at radius 3 is 2.71 bits per heavy atom. The molecular formula is C14H26O2S. The molecule has 3 heteroatoms. The predicted octanol–water partition coefficient (Wildman–Crippen LogP) is 3.09. The van der Waals surface area contributed by atoms with Crippen molar-refractivity contribution in [1.82, 2.24) is 0 Å². The van der Waals surface area contributed by atoms with Gasteiger partial charge in [0.2, 0.25) is 0 Å². The van der Waals surface area contributed by atoms with Crippen LogP contribution in [-0.4, -0.2) is 34.9 Å². The molecule has 0 bridgehead atoms. The monoisotopic (exact) mass is 258 g/mol. The van der Waals surface area contributed by atoms with Crippen LogP contribution in [0.5, 0.6) is 0 Å².